The predicted molar refractivity (Wildman–Crippen MR) is 101 cm³/mol. The molecule has 0 aliphatic carbocycles. The van der Waals surface area contributed by atoms with Crippen LogP contribution in [-0.2, 0) is 9.59 Å². The Balaban J connectivity index is 2.24. The summed E-state index contributed by atoms with van der Waals surface area (Å²) in [6.07, 6.45) is -0.210. The van der Waals surface area contributed by atoms with Crippen LogP contribution >= 0.6 is 11.6 Å². The van der Waals surface area contributed by atoms with E-state index in [4.69, 9.17) is 11.6 Å². The first-order valence-electron chi connectivity index (χ1n) is 8.05. The standard InChI is InChI=1S/C20H19ClN2O2/c1-13(2)14(3)22-17-10-9-15(21)11-18(17)23(20(25)12-19(22)24)16-7-5-4-6-8-16/h4-11,14H,1,12H2,2-3H3. The number of hydrogen-bond donors (Lipinski definition) is 0. The van der Waals surface area contributed by atoms with Gasteiger partial charge in [0, 0.05) is 10.7 Å². The zero-order valence-corrected chi connectivity index (χ0v) is 15.0. The second-order valence-corrected chi connectivity index (χ2v) is 6.60. The van der Waals surface area contributed by atoms with Gasteiger partial charge in [-0.1, -0.05) is 42.0 Å². The molecule has 2 aromatic rings. The third kappa shape index (κ3) is 3.17. The average molecular weight is 355 g/mol. The third-order valence-electron chi connectivity index (χ3n) is 4.37. The summed E-state index contributed by atoms with van der Waals surface area (Å²) in [5.41, 5.74) is 2.80. The van der Waals surface area contributed by atoms with E-state index < -0.39 is 0 Å². The molecule has 0 spiro atoms. The molecule has 0 aromatic heterocycles. The number of para-hydroxylation sites is 1. The third-order valence-corrected chi connectivity index (χ3v) is 4.61. The van der Waals surface area contributed by atoms with Crippen LogP contribution in [0.2, 0.25) is 5.02 Å². The Kier molecular flexibility index (Phi) is 4.64. The van der Waals surface area contributed by atoms with Gasteiger partial charge in [0.05, 0.1) is 17.4 Å². The molecule has 25 heavy (non-hydrogen) atoms. The molecule has 0 N–H and O–H groups in total. The van der Waals surface area contributed by atoms with E-state index in [0.717, 1.165) is 5.57 Å². The van der Waals surface area contributed by atoms with Crippen molar-refractivity contribution in [3.63, 3.8) is 0 Å². The van der Waals surface area contributed by atoms with Crippen LogP contribution in [0, 0.1) is 0 Å². The fourth-order valence-corrected chi connectivity index (χ4v) is 3.11. The van der Waals surface area contributed by atoms with Crippen LogP contribution in [0.3, 0.4) is 0 Å². The largest absolute Gasteiger partial charge is 0.303 e. The number of carbonyl (C=O) groups is 2. The first-order chi connectivity index (χ1) is 11.9. The Morgan fingerprint density at radius 2 is 1.76 bits per heavy atom. The molecule has 0 saturated carbocycles. The number of hydrogen-bond acceptors (Lipinski definition) is 2. The van der Waals surface area contributed by atoms with E-state index in [0.29, 0.717) is 22.1 Å². The first kappa shape index (κ1) is 17.2. The number of carbonyl (C=O) groups excluding carboxylic acids is 2. The van der Waals surface area contributed by atoms with Crippen molar-refractivity contribution in [1.29, 1.82) is 0 Å². The quantitative estimate of drug-likeness (QED) is 0.591. The molecule has 2 amide bonds. The van der Waals surface area contributed by atoms with Crippen LogP contribution < -0.4 is 9.80 Å². The maximum atomic E-state index is 12.9. The number of anilines is 3. The van der Waals surface area contributed by atoms with Gasteiger partial charge in [0.25, 0.3) is 0 Å². The molecule has 0 saturated heterocycles. The molecule has 1 heterocycles. The highest BCUT2D eigenvalue weighted by Gasteiger charge is 2.35. The van der Waals surface area contributed by atoms with Crippen molar-refractivity contribution in [3.8, 4) is 0 Å². The van der Waals surface area contributed by atoms with E-state index in [1.807, 2.05) is 44.2 Å². The van der Waals surface area contributed by atoms with Crippen LogP contribution in [0.1, 0.15) is 20.3 Å². The van der Waals surface area contributed by atoms with Crippen molar-refractivity contribution in [2.75, 3.05) is 9.80 Å². The van der Waals surface area contributed by atoms with Gasteiger partial charge in [0.1, 0.15) is 6.42 Å². The molecule has 1 atom stereocenters. The molecule has 1 unspecified atom stereocenters. The molecule has 3 rings (SSSR count). The number of halogens is 1. The summed E-state index contributed by atoms with van der Waals surface area (Å²) < 4.78 is 0. The van der Waals surface area contributed by atoms with Crippen molar-refractivity contribution in [2.45, 2.75) is 26.3 Å². The number of benzene rings is 2. The summed E-state index contributed by atoms with van der Waals surface area (Å²) in [6, 6.07) is 14.3. The van der Waals surface area contributed by atoms with Gasteiger partial charge < -0.3 is 4.90 Å². The van der Waals surface area contributed by atoms with E-state index in [1.54, 1.807) is 28.0 Å². The van der Waals surface area contributed by atoms with Gasteiger partial charge >= 0.3 is 0 Å². The predicted octanol–water partition coefficient (Wildman–Crippen LogP) is 4.71. The number of fused-ring (bicyclic) bond motifs is 1. The van der Waals surface area contributed by atoms with Gasteiger partial charge in [-0.05, 0) is 44.2 Å². The van der Waals surface area contributed by atoms with Crippen molar-refractivity contribution in [1.82, 2.24) is 0 Å². The summed E-state index contributed by atoms with van der Waals surface area (Å²) >= 11 is 6.20. The first-order valence-corrected chi connectivity index (χ1v) is 8.43. The highest BCUT2D eigenvalue weighted by atomic mass is 35.5. The summed E-state index contributed by atoms with van der Waals surface area (Å²) in [7, 11) is 0. The normalized spacial score (nSPS) is 15.6. The smallest absolute Gasteiger partial charge is 0.241 e. The topological polar surface area (TPSA) is 40.6 Å². The van der Waals surface area contributed by atoms with Crippen molar-refractivity contribution in [3.05, 3.63) is 65.7 Å². The lowest BCUT2D eigenvalue weighted by Gasteiger charge is -2.30. The van der Waals surface area contributed by atoms with Gasteiger partial charge in [0.15, 0.2) is 0 Å². The Morgan fingerprint density at radius 1 is 1.08 bits per heavy atom. The molecule has 1 aliphatic heterocycles. The minimum atomic E-state index is -0.281. The fourth-order valence-electron chi connectivity index (χ4n) is 2.95. The molecule has 0 bridgehead atoms. The average Bonchev–Trinajstić information content (AvgIpc) is 2.67. The van der Waals surface area contributed by atoms with Crippen molar-refractivity contribution in [2.24, 2.45) is 0 Å². The fraction of sp³-hybridized carbons (Fsp3) is 0.200. The Hall–Kier alpha value is -2.59. The van der Waals surface area contributed by atoms with Crippen LogP contribution in [0.5, 0.6) is 0 Å². The van der Waals surface area contributed by atoms with E-state index in [2.05, 4.69) is 6.58 Å². The molecule has 128 valence electrons. The zero-order valence-electron chi connectivity index (χ0n) is 14.2. The lowest BCUT2D eigenvalue weighted by atomic mass is 10.1. The molecule has 0 fully saturated rings. The molecule has 4 nitrogen and oxygen atoms in total. The Morgan fingerprint density at radius 3 is 2.40 bits per heavy atom. The lowest BCUT2D eigenvalue weighted by molar-refractivity contribution is -0.125. The van der Waals surface area contributed by atoms with Gasteiger partial charge in [0.2, 0.25) is 11.8 Å². The molecular weight excluding hydrogens is 336 g/mol. The van der Waals surface area contributed by atoms with Gasteiger partial charge in [-0.3, -0.25) is 14.5 Å². The molecular formula is C20H19ClN2O2. The monoisotopic (exact) mass is 354 g/mol. The second kappa shape index (κ2) is 6.73. The van der Waals surface area contributed by atoms with E-state index >= 15 is 0 Å². The van der Waals surface area contributed by atoms with Crippen LogP contribution in [0.4, 0.5) is 17.1 Å². The maximum Gasteiger partial charge on any atom is 0.241 e. The number of amides is 2. The lowest BCUT2D eigenvalue weighted by Crippen LogP contribution is -2.39. The van der Waals surface area contributed by atoms with Crippen molar-refractivity contribution >= 4 is 40.5 Å². The summed E-state index contributed by atoms with van der Waals surface area (Å²) in [5.74, 6) is -0.529. The second-order valence-electron chi connectivity index (χ2n) is 6.16. The van der Waals surface area contributed by atoms with Crippen LogP contribution in [0.15, 0.2) is 60.7 Å². The van der Waals surface area contributed by atoms with E-state index in [9.17, 15) is 9.59 Å². The van der Waals surface area contributed by atoms with Crippen LogP contribution in [-0.4, -0.2) is 17.9 Å². The number of rotatable bonds is 3. The SMILES string of the molecule is C=C(C)C(C)N1C(=O)CC(=O)N(c2ccccc2)c2cc(Cl)ccc21. The van der Waals surface area contributed by atoms with E-state index in [-0.39, 0.29) is 24.3 Å². The molecule has 5 heteroatoms. The highest BCUT2D eigenvalue weighted by molar-refractivity contribution is 6.31. The van der Waals surface area contributed by atoms with E-state index in [1.165, 1.54) is 0 Å². The van der Waals surface area contributed by atoms with Gasteiger partial charge in [-0.2, -0.15) is 0 Å². The zero-order chi connectivity index (χ0) is 18.1. The Labute approximate surface area is 152 Å². The molecule has 1 aliphatic rings. The highest BCUT2D eigenvalue weighted by Crippen LogP contribution is 2.40. The molecule has 0 radical (unpaired) electrons. The summed E-state index contributed by atoms with van der Waals surface area (Å²) in [4.78, 5) is 28.8. The number of nitrogens with zero attached hydrogens (tertiary/aromatic N) is 2. The Bertz CT molecular complexity index is 848. The van der Waals surface area contributed by atoms with Crippen LogP contribution in [0.25, 0.3) is 0 Å². The molecule has 2 aromatic carbocycles. The minimum absolute atomic E-state index is 0.210. The van der Waals surface area contributed by atoms with Crippen molar-refractivity contribution < 1.29 is 9.59 Å². The maximum absolute atomic E-state index is 12.9. The van der Waals surface area contributed by atoms with Gasteiger partial charge in [-0.15, -0.1) is 0 Å². The van der Waals surface area contributed by atoms with Gasteiger partial charge in [-0.25, -0.2) is 0 Å². The summed E-state index contributed by atoms with van der Waals surface area (Å²) in [5, 5.41) is 0.504. The minimum Gasteiger partial charge on any atom is -0.303 e. The summed E-state index contributed by atoms with van der Waals surface area (Å²) in [6.45, 7) is 7.74.